The van der Waals surface area contributed by atoms with Gasteiger partial charge in [0.05, 0.1) is 4.91 Å². The minimum Gasteiger partial charge on any atom is -0.481 e. The molecule has 0 aliphatic carbocycles. The van der Waals surface area contributed by atoms with Crippen LogP contribution in [0, 0.1) is 0 Å². The van der Waals surface area contributed by atoms with E-state index >= 15 is 0 Å². The Morgan fingerprint density at radius 2 is 2.12 bits per heavy atom. The van der Waals surface area contributed by atoms with E-state index in [0.29, 0.717) is 14.8 Å². The number of carboxylic acids is 1. The van der Waals surface area contributed by atoms with E-state index in [1.807, 2.05) is 0 Å². The number of amides is 1. The highest BCUT2D eigenvalue weighted by atomic mass is 32.2. The molecular weight excluding hydrogens is 395 g/mol. The molecule has 0 bridgehead atoms. The number of hydrogen-bond donors (Lipinski definition) is 1. The Morgan fingerprint density at radius 3 is 2.76 bits per heavy atom. The molecular formula is C15H12F3NO3S3. The zero-order chi connectivity index (χ0) is 18.6. The molecule has 1 saturated heterocycles. The van der Waals surface area contributed by atoms with Crippen molar-refractivity contribution in [1.82, 2.24) is 4.90 Å². The molecule has 25 heavy (non-hydrogen) atoms. The summed E-state index contributed by atoms with van der Waals surface area (Å²) in [6, 6.07) is 5.76. The average Bonchev–Trinajstić information content (AvgIpc) is 2.73. The predicted octanol–water partition coefficient (Wildman–Crippen LogP) is 4.36. The lowest BCUT2D eigenvalue weighted by molar-refractivity contribution is -0.137. The van der Waals surface area contributed by atoms with Gasteiger partial charge in [-0.25, -0.2) is 0 Å². The van der Waals surface area contributed by atoms with E-state index in [0.717, 1.165) is 11.8 Å². The summed E-state index contributed by atoms with van der Waals surface area (Å²) in [7, 11) is 0. The number of hydrogen-bond acceptors (Lipinski definition) is 5. The highest BCUT2D eigenvalue weighted by Gasteiger charge is 2.32. The first-order valence-electron chi connectivity index (χ1n) is 6.99. The van der Waals surface area contributed by atoms with Crippen molar-refractivity contribution in [3.63, 3.8) is 0 Å². The molecule has 1 aromatic rings. The second-order valence-electron chi connectivity index (χ2n) is 4.95. The first-order chi connectivity index (χ1) is 11.7. The van der Waals surface area contributed by atoms with E-state index < -0.39 is 11.5 Å². The third-order valence-electron chi connectivity index (χ3n) is 3.04. The fourth-order valence-electron chi connectivity index (χ4n) is 2.03. The van der Waals surface area contributed by atoms with Gasteiger partial charge < -0.3 is 5.11 Å². The lowest BCUT2D eigenvalue weighted by Gasteiger charge is -2.13. The Bertz CT molecular complexity index is 734. The van der Waals surface area contributed by atoms with Crippen LogP contribution < -0.4 is 0 Å². The van der Waals surface area contributed by atoms with Gasteiger partial charge in [-0.1, -0.05) is 36.1 Å². The van der Waals surface area contributed by atoms with Crippen LogP contribution in [-0.2, 0) is 9.59 Å². The topological polar surface area (TPSA) is 57.6 Å². The Labute approximate surface area is 155 Å². The second kappa shape index (κ2) is 8.24. The molecule has 0 atom stereocenters. The predicted molar refractivity (Wildman–Crippen MR) is 95.1 cm³/mol. The number of nitrogens with zero attached hydrogens (tertiary/aromatic N) is 1. The largest absolute Gasteiger partial charge is 0.481 e. The van der Waals surface area contributed by atoms with Gasteiger partial charge in [-0.05, 0) is 42.0 Å². The van der Waals surface area contributed by atoms with Crippen LogP contribution in [0.4, 0.5) is 13.2 Å². The van der Waals surface area contributed by atoms with Crippen LogP contribution in [0.15, 0.2) is 34.1 Å². The summed E-state index contributed by atoms with van der Waals surface area (Å²) in [6.45, 7) is 0.193. The van der Waals surface area contributed by atoms with Gasteiger partial charge in [-0.15, -0.1) is 0 Å². The zero-order valence-corrected chi connectivity index (χ0v) is 15.0. The quantitative estimate of drug-likeness (QED) is 0.430. The number of benzene rings is 1. The van der Waals surface area contributed by atoms with Gasteiger partial charge >= 0.3 is 11.5 Å². The number of alkyl halides is 3. The van der Waals surface area contributed by atoms with Crippen LogP contribution in [-0.4, -0.2) is 38.3 Å². The summed E-state index contributed by atoms with van der Waals surface area (Å²) >= 11 is 5.94. The molecule has 1 aromatic carbocycles. The number of thiocarbonyl (C=S) groups is 1. The van der Waals surface area contributed by atoms with Crippen molar-refractivity contribution in [2.45, 2.75) is 23.2 Å². The van der Waals surface area contributed by atoms with Crippen LogP contribution in [0.5, 0.6) is 0 Å². The van der Waals surface area contributed by atoms with Gasteiger partial charge in [0.25, 0.3) is 5.91 Å². The fraction of sp³-hybridized carbons (Fsp3) is 0.267. The molecule has 0 radical (unpaired) electrons. The zero-order valence-electron chi connectivity index (χ0n) is 12.6. The highest BCUT2D eigenvalue weighted by Crippen LogP contribution is 2.38. The second-order valence-corrected chi connectivity index (χ2v) is 7.77. The smallest absolute Gasteiger partial charge is 0.446 e. The van der Waals surface area contributed by atoms with Crippen LogP contribution in [0.2, 0.25) is 0 Å². The lowest BCUT2D eigenvalue weighted by atomic mass is 10.2. The van der Waals surface area contributed by atoms with Gasteiger partial charge in [-0.3, -0.25) is 14.5 Å². The molecule has 1 aliphatic rings. The Kier molecular flexibility index (Phi) is 6.53. The lowest BCUT2D eigenvalue weighted by Crippen LogP contribution is -2.29. The van der Waals surface area contributed by atoms with E-state index in [1.165, 1.54) is 29.2 Å². The van der Waals surface area contributed by atoms with Crippen LogP contribution in [0.3, 0.4) is 0 Å². The number of aliphatic carboxylic acids is 1. The minimum atomic E-state index is -4.38. The number of carbonyl (C=O) groups excluding carboxylic acids is 1. The van der Waals surface area contributed by atoms with Crippen LogP contribution in [0.25, 0.3) is 6.08 Å². The van der Waals surface area contributed by atoms with Crippen molar-refractivity contribution >= 4 is 58.0 Å². The van der Waals surface area contributed by atoms with E-state index in [4.69, 9.17) is 17.3 Å². The van der Waals surface area contributed by atoms with Gasteiger partial charge in [0, 0.05) is 17.9 Å². The summed E-state index contributed by atoms with van der Waals surface area (Å²) in [5.41, 5.74) is -3.92. The van der Waals surface area contributed by atoms with E-state index in [2.05, 4.69) is 0 Å². The maximum atomic E-state index is 12.4. The SMILES string of the molecule is O=C(O)CCCN1C(=O)/C(=C/c2cccc(SC(F)(F)F)c2)SC1=S. The molecule has 4 nitrogen and oxygen atoms in total. The maximum Gasteiger partial charge on any atom is 0.446 e. The van der Waals surface area contributed by atoms with E-state index in [9.17, 15) is 22.8 Å². The van der Waals surface area contributed by atoms with Gasteiger partial charge in [0.2, 0.25) is 0 Å². The van der Waals surface area contributed by atoms with Crippen molar-refractivity contribution in [2.75, 3.05) is 6.54 Å². The molecule has 10 heteroatoms. The first-order valence-corrected chi connectivity index (χ1v) is 9.03. The Balaban J connectivity index is 2.11. The minimum absolute atomic E-state index is 0.0261. The molecule has 1 aliphatic heterocycles. The molecule has 1 amide bonds. The number of carboxylic acid groups (broad SMARTS) is 1. The van der Waals surface area contributed by atoms with Crippen molar-refractivity contribution in [3.05, 3.63) is 34.7 Å². The number of thioether (sulfide) groups is 2. The molecule has 1 fully saturated rings. The molecule has 1 N–H and O–H groups in total. The third kappa shape index (κ3) is 6.05. The van der Waals surface area contributed by atoms with Crippen molar-refractivity contribution < 1.29 is 27.9 Å². The van der Waals surface area contributed by atoms with Gasteiger partial charge in [-0.2, -0.15) is 13.2 Å². The monoisotopic (exact) mass is 407 g/mol. The van der Waals surface area contributed by atoms with Crippen molar-refractivity contribution in [1.29, 1.82) is 0 Å². The van der Waals surface area contributed by atoms with Gasteiger partial charge in [0.15, 0.2) is 0 Å². The number of rotatable bonds is 6. The van der Waals surface area contributed by atoms with E-state index in [-0.39, 0.29) is 42.0 Å². The van der Waals surface area contributed by atoms with Crippen molar-refractivity contribution in [3.8, 4) is 0 Å². The highest BCUT2D eigenvalue weighted by molar-refractivity contribution is 8.26. The molecule has 0 saturated carbocycles. The number of halogens is 3. The van der Waals surface area contributed by atoms with Crippen LogP contribution in [0.1, 0.15) is 18.4 Å². The first kappa shape index (κ1) is 19.8. The standard InChI is InChI=1S/C15H12F3NO3S3/c16-15(17,18)25-10-4-1-3-9(7-10)8-11-13(22)19(14(23)24-11)6-2-5-12(20)21/h1,3-4,7-8H,2,5-6H2,(H,20,21)/b11-8-. The summed E-state index contributed by atoms with van der Waals surface area (Å²) in [4.78, 5) is 24.5. The molecule has 2 rings (SSSR count). The summed E-state index contributed by atoms with van der Waals surface area (Å²) in [5.74, 6) is -1.32. The Hall–Kier alpha value is -1.52. The molecule has 0 aromatic heterocycles. The Morgan fingerprint density at radius 1 is 1.40 bits per heavy atom. The third-order valence-corrected chi connectivity index (χ3v) is 5.13. The summed E-state index contributed by atoms with van der Waals surface area (Å²) in [5, 5.41) is 8.64. The van der Waals surface area contributed by atoms with Crippen molar-refractivity contribution in [2.24, 2.45) is 0 Å². The average molecular weight is 407 g/mol. The van der Waals surface area contributed by atoms with Crippen LogP contribution >= 0.6 is 35.7 Å². The molecule has 0 spiro atoms. The summed E-state index contributed by atoms with van der Waals surface area (Å²) in [6.07, 6.45) is 1.68. The fourth-order valence-corrected chi connectivity index (χ4v) is 3.95. The molecule has 0 unspecified atom stereocenters. The maximum absolute atomic E-state index is 12.4. The number of carbonyl (C=O) groups is 2. The normalized spacial score (nSPS) is 16.8. The molecule has 1 heterocycles. The molecule has 134 valence electrons. The van der Waals surface area contributed by atoms with E-state index in [1.54, 1.807) is 6.07 Å². The summed E-state index contributed by atoms with van der Waals surface area (Å²) < 4.78 is 37.6. The van der Waals surface area contributed by atoms with Gasteiger partial charge in [0.1, 0.15) is 4.32 Å².